The van der Waals surface area contributed by atoms with Crippen molar-refractivity contribution in [3.05, 3.63) is 0 Å². The monoisotopic (exact) mass is 184 g/mol. The van der Waals surface area contributed by atoms with Gasteiger partial charge in [0, 0.05) is 0 Å². The molecule has 13 heavy (non-hydrogen) atoms. The van der Waals surface area contributed by atoms with E-state index in [-0.39, 0.29) is 17.5 Å². The molecule has 0 aliphatic heterocycles. The van der Waals surface area contributed by atoms with E-state index in [9.17, 15) is 0 Å². The van der Waals surface area contributed by atoms with Gasteiger partial charge in [-0.05, 0) is 47.9 Å². The van der Waals surface area contributed by atoms with Crippen LogP contribution in [0.15, 0.2) is 0 Å². The predicted molar refractivity (Wildman–Crippen MR) is 56.0 cm³/mol. The first-order valence-corrected chi connectivity index (χ1v) is 4.70. The van der Waals surface area contributed by atoms with Gasteiger partial charge in [0.05, 0.1) is 19.0 Å². The Morgan fingerprint density at radius 2 is 1.23 bits per heavy atom. The van der Waals surface area contributed by atoms with Crippen LogP contribution in [0.4, 0.5) is 0 Å². The molecule has 0 aliphatic rings. The Labute approximate surface area is 83.4 Å². The second kappa shape index (κ2) is 4.47. The van der Waals surface area contributed by atoms with E-state index in [0.29, 0.717) is 6.32 Å². The van der Waals surface area contributed by atoms with E-state index in [1.807, 2.05) is 41.5 Å². The van der Waals surface area contributed by atoms with Crippen molar-refractivity contribution in [2.75, 3.05) is 0 Å². The third-order valence-corrected chi connectivity index (χ3v) is 1.16. The van der Waals surface area contributed by atoms with E-state index in [0.717, 1.165) is 0 Å². The normalized spacial score (nSPS) is 13.8. The zero-order valence-corrected chi connectivity index (χ0v) is 9.68. The van der Waals surface area contributed by atoms with Crippen molar-refractivity contribution < 1.29 is 9.47 Å². The summed E-state index contributed by atoms with van der Waals surface area (Å²) in [5.41, 5.74) is -0.426. The fraction of sp³-hybridized carbons (Fsp3) is 1.00. The first-order valence-electron chi connectivity index (χ1n) is 4.70. The van der Waals surface area contributed by atoms with Gasteiger partial charge in [0.2, 0.25) is 0 Å². The molecule has 0 aliphatic carbocycles. The third-order valence-electron chi connectivity index (χ3n) is 1.16. The highest BCUT2D eigenvalue weighted by molar-refractivity contribution is 6.08. The summed E-state index contributed by atoms with van der Waals surface area (Å²) in [6, 6.07) is 0. The summed E-state index contributed by atoms with van der Waals surface area (Å²) >= 11 is 0. The lowest BCUT2D eigenvalue weighted by atomic mass is 10.0. The van der Waals surface area contributed by atoms with Crippen LogP contribution >= 0.6 is 0 Å². The molecule has 2 radical (unpaired) electrons. The van der Waals surface area contributed by atoms with Gasteiger partial charge in [0.15, 0.2) is 6.29 Å². The highest BCUT2D eigenvalue weighted by atomic mass is 16.7. The van der Waals surface area contributed by atoms with E-state index in [1.54, 1.807) is 0 Å². The molecule has 0 rings (SSSR count). The van der Waals surface area contributed by atoms with E-state index in [4.69, 9.17) is 17.3 Å². The summed E-state index contributed by atoms with van der Waals surface area (Å²) in [6.07, 6.45) is 0.0640. The Morgan fingerprint density at radius 3 is 1.38 bits per heavy atom. The van der Waals surface area contributed by atoms with E-state index in [2.05, 4.69) is 0 Å². The first kappa shape index (κ1) is 13.0. The summed E-state index contributed by atoms with van der Waals surface area (Å²) in [4.78, 5) is 0. The van der Waals surface area contributed by atoms with Gasteiger partial charge in [-0.3, -0.25) is 0 Å². The summed E-state index contributed by atoms with van der Waals surface area (Å²) < 4.78 is 11.2. The number of hydrogen-bond acceptors (Lipinski definition) is 2. The zero-order chi connectivity index (χ0) is 10.7. The number of rotatable bonds is 3. The molecule has 0 atom stereocenters. The molecule has 76 valence electrons. The molecule has 0 aromatic heterocycles. The van der Waals surface area contributed by atoms with Gasteiger partial charge < -0.3 is 9.47 Å². The predicted octanol–water partition coefficient (Wildman–Crippen LogP) is 2.53. The molecule has 0 spiro atoms. The zero-order valence-electron chi connectivity index (χ0n) is 9.68. The fourth-order valence-corrected chi connectivity index (χ4v) is 0.909. The summed E-state index contributed by atoms with van der Waals surface area (Å²) in [7, 11) is 5.54. The molecular weight excluding hydrogens is 163 g/mol. The molecule has 0 unspecified atom stereocenters. The minimum atomic E-state index is -0.319. The summed E-state index contributed by atoms with van der Waals surface area (Å²) in [5.74, 6) is 0. The lowest BCUT2D eigenvalue weighted by Crippen LogP contribution is -2.34. The molecule has 3 heteroatoms. The molecule has 0 bridgehead atoms. The van der Waals surface area contributed by atoms with Crippen LogP contribution < -0.4 is 0 Å². The molecule has 0 N–H and O–H groups in total. The Hall–Kier alpha value is -0.0151. The average Bonchev–Trinajstić information content (AvgIpc) is 1.79. The highest BCUT2D eigenvalue weighted by Gasteiger charge is 2.22. The van der Waals surface area contributed by atoms with Crippen LogP contribution in [0, 0.1) is 0 Å². The van der Waals surface area contributed by atoms with Crippen LogP contribution in [0.3, 0.4) is 0 Å². The van der Waals surface area contributed by atoms with Crippen LogP contribution in [0.25, 0.3) is 0 Å². The Kier molecular flexibility index (Phi) is 4.47. The van der Waals surface area contributed by atoms with Crippen molar-refractivity contribution in [2.45, 2.75) is 65.4 Å². The minimum absolute atomic E-state index is 0.213. The SMILES string of the molecule is [B]CC(OC(C)(C)C)OC(C)(C)C. The maximum Gasteiger partial charge on any atom is 0.151 e. The lowest BCUT2D eigenvalue weighted by molar-refractivity contribution is -0.223. The molecule has 0 amide bonds. The Morgan fingerprint density at radius 1 is 0.923 bits per heavy atom. The Balaban J connectivity index is 4.05. The van der Waals surface area contributed by atoms with Gasteiger partial charge in [-0.25, -0.2) is 0 Å². The van der Waals surface area contributed by atoms with Crippen molar-refractivity contribution in [2.24, 2.45) is 0 Å². The maximum atomic E-state index is 5.62. The van der Waals surface area contributed by atoms with Crippen molar-refractivity contribution in [3.63, 3.8) is 0 Å². The molecular formula is C10H21BO2. The smallest absolute Gasteiger partial charge is 0.151 e. The second-order valence-corrected chi connectivity index (χ2v) is 5.13. The van der Waals surface area contributed by atoms with E-state index >= 15 is 0 Å². The molecule has 0 saturated heterocycles. The van der Waals surface area contributed by atoms with Crippen LogP contribution in [0.2, 0.25) is 6.32 Å². The topological polar surface area (TPSA) is 18.5 Å². The van der Waals surface area contributed by atoms with Crippen LogP contribution in [-0.2, 0) is 9.47 Å². The van der Waals surface area contributed by atoms with Gasteiger partial charge in [0.25, 0.3) is 0 Å². The molecule has 0 aromatic carbocycles. The van der Waals surface area contributed by atoms with Gasteiger partial charge in [-0.2, -0.15) is 0 Å². The van der Waals surface area contributed by atoms with Crippen molar-refractivity contribution in [1.82, 2.24) is 0 Å². The van der Waals surface area contributed by atoms with Crippen molar-refractivity contribution in [3.8, 4) is 0 Å². The third kappa shape index (κ3) is 8.32. The molecule has 0 aromatic rings. The summed E-state index contributed by atoms with van der Waals surface area (Å²) in [5, 5.41) is 0. The standard InChI is InChI=1S/C10H21BO2/c1-9(2,3)12-8(7-11)13-10(4,5)6/h8H,7H2,1-6H3. The largest absolute Gasteiger partial charge is 0.348 e. The highest BCUT2D eigenvalue weighted by Crippen LogP contribution is 2.19. The van der Waals surface area contributed by atoms with Crippen molar-refractivity contribution in [1.29, 1.82) is 0 Å². The number of ether oxygens (including phenoxy) is 2. The molecule has 2 nitrogen and oxygen atoms in total. The van der Waals surface area contributed by atoms with Gasteiger partial charge >= 0.3 is 0 Å². The number of hydrogen-bond donors (Lipinski definition) is 0. The molecule has 0 fully saturated rings. The quantitative estimate of drug-likeness (QED) is 0.495. The average molecular weight is 184 g/mol. The molecule has 0 heterocycles. The van der Waals surface area contributed by atoms with Crippen LogP contribution in [0.5, 0.6) is 0 Å². The van der Waals surface area contributed by atoms with Crippen molar-refractivity contribution >= 4 is 7.85 Å². The maximum absolute atomic E-state index is 5.62. The van der Waals surface area contributed by atoms with Crippen LogP contribution in [-0.4, -0.2) is 25.3 Å². The minimum Gasteiger partial charge on any atom is -0.348 e. The van der Waals surface area contributed by atoms with Gasteiger partial charge in [-0.1, -0.05) is 0 Å². The second-order valence-electron chi connectivity index (χ2n) is 5.13. The van der Waals surface area contributed by atoms with E-state index < -0.39 is 0 Å². The van der Waals surface area contributed by atoms with Crippen LogP contribution in [0.1, 0.15) is 41.5 Å². The van der Waals surface area contributed by atoms with E-state index in [1.165, 1.54) is 0 Å². The molecule has 0 saturated carbocycles. The lowest BCUT2D eigenvalue weighted by Gasteiger charge is -2.32. The fourth-order valence-electron chi connectivity index (χ4n) is 0.909. The summed E-state index contributed by atoms with van der Waals surface area (Å²) in [6.45, 7) is 11.9. The van der Waals surface area contributed by atoms with Gasteiger partial charge in [0.1, 0.15) is 0 Å². The Bertz CT molecular complexity index is 128. The first-order chi connectivity index (χ1) is 5.64. The van der Waals surface area contributed by atoms with Gasteiger partial charge in [-0.15, -0.1) is 0 Å².